The Kier molecular flexibility index (Phi) is 2.56. The van der Waals surface area contributed by atoms with Gasteiger partial charge in [0, 0.05) is 23.3 Å². The number of nitrogen functional groups attached to an aromatic ring is 1. The Hall–Kier alpha value is -1.88. The molecular formula is C12H11ClN2O3. The molecule has 0 atom stereocenters. The van der Waals surface area contributed by atoms with Crippen molar-refractivity contribution in [1.29, 1.82) is 0 Å². The first-order valence-electron chi connectivity index (χ1n) is 5.48. The maximum Gasteiger partial charge on any atom is 0.222 e. The van der Waals surface area contributed by atoms with Crippen molar-refractivity contribution in [2.24, 2.45) is 0 Å². The topological polar surface area (TPSA) is 70.5 Å². The van der Waals surface area contributed by atoms with Gasteiger partial charge in [0.25, 0.3) is 0 Å². The van der Waals surface area contributed by atoms with E-state index < -0.39 is 0 Å². The Balaban J connectivity index is 2.20. The molecule has 0 aliphatic carbocycles. The van der Waals surface area contributed by atoms with Crippen LogP contribution in [0.1, 0.15) is 5.56 Å². The van der Waals surface area contributed by atoms with Crippen LogP contribution in [0, 0.1) is 6.92 Å². The first-order valence-corrected chi connectivity index (χ1v) is 5.86. The summed E-state index contributed by atoms with van der Waals surface area (Å²) in [6.07, 6.45) is 0. The summed E-state index contributed by atoms with van der Waals surface area (Å²) in [6, 6.07) is 3.35. The lowest BCUT2D eigenvalue weighted by atomic mass is 10.0. The van der Waals surface area contributed by atoms with Crippen LogP contribution in [0.4, 0.5) is 5.88 Å². The van der Waals surface area contributed by atoms with Crippen molar-refractivity contribution in [1.82, 2.24) is 5.16 Å². The minimum Gasteiger partial charge on any atom is -0.486 e. The first-order chi connectivity index (χ1) is 8.66. The number of anilines is 1. The number of ether oxygens (including phenoxy) is 2. The van der Waals surface area contributed by atoms with Gasteiger partial charge in [-0.05, 0) is 6.92 Å². The molecular weight excluding hydrogens is 256 g/mol. The molecule has 0 bridgehead atoms. The average Bonchev–Trinajstić information content (AvgIpc) is 2.76. The monoisotopic (exact) mass is 266 g/mol. The second kappa shape index (κ2) is 4.10. The molecule has 18 heavy (non-hydrogen) atoms. The van der Waals surface area contributed by atoms with E-state index in [0.29, 0.717) is 35.4 Å². The lowest BCUT2D eigenvalue weighted by Gasteiger charge is -2.22. The zero-order valence-electron chi connectivity index (χ0n) is 9.70. The average molecular weight is 267 g/mol. The first kappa shape index (κ1) is 11.2. The zero-order chi connectivity index (χ0) is 12.7. The number of rotatable bonds is 1. The fourth-order valence-corrected chi connectivity index (χ4v) is 2.37. The number of hydrogen-bond acceptors (Lipinski definition) is 5. The molecule has 1 aromatic heterocycles. The third-order valence-electron chi connectivity index (χ3n) is 2.81. The number of halogens is 1. The molecule has 2 N–H and O–H groups in total. The van der Waals surface area contributed by atoms with E-state index in [1.165, 1.54) is 0 Å². The van der Waals surface area contributed by atoms with E-state index in [4.69, 9.17) is 31.3 Å². The van der Waals surface area contributed by atoms with Crippen LogP contribution in [0.25, 0.3) is 11.3 Å². The van der Waals surface area contributed by atoms with E-state index in [1.54, 1.807) is 12.1 Å². The van der Waals surface area contributed by atoms with Crippen molar-refractivity contribution >= 4 is 17.5 Å². The molecule has 1 aromatic carbocycles. The molecule has 94 valence electrons. The third-order valence-corrected chi connectivity index (χ3v) is 3.11. The van der Waals surface area contributed by atoms with Crippen molar-refractivity contribution in [2.45, 2.75) is 6.92 Å². The van der Waals surface area contributed by atoms with Crippen molar-refractivity contribution in [2.75, 3.05) is 18.9 Å². The minimum atomic E-state index is 0.246. The smallest absolute Gasteiger partial charge is 0.222 e. The summed E-state index contributed by atoms with van der Waals surface area (Å²) in [4.78, 5) is 0. The molecule has 0 saturated heterocycles. The summed E-state index contributed by atoms with van der Waals surface area (Å²) >= 11 is 6.25. The Morgan fingerprint density at radius 3 is 2.78 bits per heavy atom. The van der Waals surface area contributed by atoms with E-state index in [9.17, 15) is 0 Å². The Bertz CT molecular complexity index is 610. The van der Waals surface area contributed by atoms with Crippen LogP contribution in [0.2, 0.25) is 5.02 Å². The molecule has 0 unspecified atom stereocenters. The predicted octanol–water partition coefficient (Wildman–Crippen LogP) is 2.66. The van der Waals surface area contributed by atoms with E-state index >= 15 is 0 Å². The highest BCUT2D eigenvalue weighted by molar-refractivity contribution is 6.33. The van der Waals surface area contributed by atoms with Crippen LogP contribution in [-0.2, 0) is 0 Å². The fourth-order valence-electron chi connectivity index (χ4n) is 2.03. The Morgan fingerprint density at radius 2 is 2.06 bits per heavy atom. The minimum absolute atomic E-state index is 0.246. The molecule has 1 aliphatic rings. The number of nitrogens with zero attached hydrogens (tertiary/aromatic N) is 1. The Labute approximate surface area is 108 Å². The lowest BCUT2D eigenvalue weighted by molar-refractivity contribution is 0.170. The zero-order valence-corrected chi connectivity index (χ0v) is 10.5. The van der Waals surface area contributed by atoms with Crippen LogP contribution >= 0.6 is 11.6 Å². The van der Waals surface area contributed by atoms with Gasteiger partial charge >= 0.3 is 0 Å². The molecule has 1 aliphatic heterocycles. The molecule has 0 radical (unpaired) electrons. The van der Waals surface area contributed by atoms with Gasteiger partial charge in [0.1, 0.15) is 18.9 Å². The van der Waals surface area contributed by atoms with Crippen molar-refractivity contribution in [3.8, 4) is 22.8 Å². The predicted molar refractivity (Wildman–Crippen MR) is 67.1 cm³/mol. The van der Waals surface area contributed by atoms with Gasteiger partial charge in [-0.3, -0.25) is 0 Å². The molecule has 6 heteroatoms. The van der Waals surface area contributed by atoms with Gasteiger partial charge in [0.05, 0.1) is 5.02 Å². The van der Waals surface area contributed by atoms with Crippen LogP contribution in [-0.4, -0.2) is 18.4 Å². The molecule has 0 fully saturated rings. The second-order valence-corrected chi connectivity index (χ2v) is 4.40. The number of aromatic nitrogens is 1. The molecule has 2 heterocycles. The van der Waals surface area contributed by atoms with E-state index in [2.05, 4.69) is 5.16 Å². The normalized spacial score (nSPS) is 13.7. The third kappa shape index (κ3) is 1.67. The van der Waals surface area contributed by atoms with Gasteiger partial charge < -0.3 is 19.7 Å². The quantitative estimate of drug-likeness (QED) is 0.859. The van der Waals surface area contributed by atoms with Gasteiger partial charge in [-0.1, -0.05) is 16.8 Å². The standard InChI is InChI=1S/C12H11ClN2O3/c1-6-11(8-5-10(14)18-15-8)7(13)4-9-12(6)17-3-2-16-9/h4-5H,2-3,14H2,1H3. The molecule has 0 spiro atoms. The van der Waals surface area contributed by atoms with Crippen molar-refractivity contribution < 1.29 is 14.0 Å². The highest BCUT2D eigenvalue weighted by Crippen LogP contribution is 2.43. The number of benzene rings is 1. The van der Waals surface area contributed by atoms with Gasteiger partial charge in [-0.25, -0.2) is 0 Å². The van der Waals surface area contributed by atoms with E-state index in [0.717, 1.165) is 11.1 Å². The van der Waals surface area contributed by atoms with E-state index in [-0.39, 0.29) is 5.88 Å². The maximum absolute atomic E-state index is 6.25. The van der Waals surface area contributed by atoms with Gasteiger partial charge in [-0.15, -0.1) is 0 Å². The van der Waals surface area contributed by atoms with Gasteiger partial charge in [0.2, 0.25) is 5.88 Å². The van der Waals surface area contributed by atoms with Gasteiger partial charge in [-0.2, -0.15) is 0 Å². The lowest BCUT2D eigenvalue weighted by Crippen LogP contribution is -2.16. The summed E-state index contributed by atoms with van der Waals surface area (Å²) < 4.78 is 16.0. The molecule has 5 nitrogen and oxygen atoms in total. The van der Waals surface area contributed by atoms with Crippen molar-refractivity contribution in [3.63, 3.8) is 0 Å². The number of nitrogens with two attached hydrogens (primary N) is 1. The van der Waals surface area contributed by atoms with Crippen LogP contribution in [0.5, 0.6) is 11.5 Å². The SMILES string of the molecule is Cc1c2c(cc(Cl)c1-c1cc(N)on1)OCCO2. The fraction of sp³-hybridized carbons (Fsp3) is 0.250. The summed E-state index contributed by atoms with van der Waals surface area (Å²) in [5.41, 5.74) is 7.73. The molecule has 0 amide bonds. The summed E-state index contributed by atoms with van der Waals surface area (Å²) in [5, 5.41) is 4.41. The molecule has 2 aromatic rings. The second-order valence-electron chi connectivity index (χ2n) is 4.00. The highest BCUT2D eigenvalue weighted by atomic mass is 35.5. The molecule has 3 rings (SSSR count). The summed E-state index contributed by atoms with van der Waals surface area (Å²) in [7, 11) is 0. The maximum atomic E-state index is 6.25. The van der Waals surface area contributed by atoms with Gasteiger partial charge in [0.15, 0.2) is 11.5 Å². The Morgan fingerprint density at radius 1 is 1.28 bits per heavy atom. The largest absolute Gasteiger partial charge is 0.486 e. The number of fused-ring (bicyclic) bond motifs is 1. The van der Waals surface area contributed by atoms with Crippen LogP contribution in [0.3, 0.4) is 0 Å². The summed E-state index contributed by atoms with van der Waals surface area (Å²) in [6.45, 7) is 2.95. The summed E-state index contributed by atoms with van der Waals surface area (Å²) in [5.74, 6) is 1.60. The highest BCUT2D eigenvalue weighted by Gasteiger charge is 2.22. The van der Waals surface area contributed by atoms with Crippen molar-refractivity contribution in [3.05, 3.63) is 22.7 Å². The van der Waals surface area contributed by atoms with Crippen LogP contribution in [0.15, 0.2) is 16.7 Å². The van der Waals surface area contributed by atoms with E-state index in [1.807, 2.05) is 6.92 Å². The molecule has 0 saturated carbocycles. The van der Waals surface area contributed by atoms with Crippen LogP contribution < -0.4 is 15.2 Å². The number of hydrogen-bond donors (Lipinski definition) is 1.